The van der Waals surface area contributed by atoms with Gasteiger partial charge in [0.2, 0.25) is 0 Å². The van der Waals surface area contributed by atoms with Crippen LogP contribution >= 0.6 is 11.8 Å². The first-order valence-electron chi connectivity index (χ1n) is 25.2. The molecule has 4 rings (SSSR count). The van der Waals surface area contributed by atoms with Crippen LogP contribution in [0.4, 0.5) is 48.3 Å². The molecule has 0 aliphatic heterocycles. The number of benzene rings is 4. The van der Waals surface area contributed by atoms with Gasteiger partial charge in [-0.2, -0.15) is 35.1 Å². The van der Waals surface area contributed by atoms with Crippen molar-refractivity contribution in [3.63, 3.8) is 0 Å². The number of ether oxygens (including phenoxy) is 6. The summed E-state index contributed by atoms with van der Waals surface area (Å²) in [5.74, 6) is 1.57. The summed E-state index contributed by atoms with van der Waals surface area (Å²) < 4.78 is 167. The van der Waals surface area contributed by atoms with Gasteiger partial charge in [-0.15, -0.1) is 13.2 Å². The molecule has 22 heteroatoms. The second-order valence-corrected chi connectivity index (χ2v) is 22.8. The fourth-order valence-electron chi connectivity index (χ4n) is 6.79. The molecule has 0 saturated carbocycles. The second-order valence-electron chi connectivity index (χ2n) is 21.6. The van der Waals surface area contributed by atoms with Crippen LogP contribution in [0.25, 0.3) is 0 Å². The molecule has 4 aromatic carbocycles. The first-order chi connectivity index (χ1) is 35.8. The average molecular weight is 1150 g/mol. The first kappa shape index (κ1) is 71.1. The van der Waals surface area contributed by atoms with Gasteiger partial charge < -0.3 is 51.4 Å². The van der Waals surface area contributed by atoms with Crippen molar-refractivity contribution in [2.75, 3.05) is 52.6 Å². The summed E-state index contributed by atoms with van der Waals surface area (Å²) in [6.45, 7) is 24.4. The minimum Gasteiger partial charge on any atom is -0.493 e. The van der Waals surface area contributed by atoms with Crippen LogP contribution in [0.5, 0.6) is 34.5 Å². The number of nitrogens with two attached hydrogens (primary N) is 4. The van der Waals surface area contributed by atoms with Crippen molar-refractivity contribution in [1.29, 1.82) is 0 Å². The lowest BCUT2D eigenvalue weighted by Crippen LogP contribution is -2.18. The van der Waals surface area contributed by atoms with Crippen LogP contribution in [0.1, 0.15) is 137 Å². The van der Waals surface area contributed by atoms with Crippen LogP contribution in [0.3, 0.4) is 0 Å². The number of hydrogen-bond acceptors (Lipinski definition) is 11. The molecule has 8 N–H and O–H groups in total. The Labute approximate surface area is 457 Å². The van der Waals surface area contributed by atoms with Gasteiger partial charge in [0.15, 0.2) is 0 Å². The Morgan fingerprint density at radius 2 is 0.744 bits per heavy atom. The van der Waals surface area contributed by atoms with E-state index in [0.717, 1.165) is 34.4 Å². The maximum absolute atomic E-state index is 12.7. The largest absolute Gasteiger partial charge is 0.573 e. The summed E-state index contributed by atoms with van der Waals surface area (Å²) in [5, 5.41) is 0. The second kappa shape index (κ2) is 31.8. The molecule has 0 bridgehead atoms. The smallest absolute Gasteiger partial charge is 0.493 e. The fraction of sp³-hybridized carbons (Fsp3) is 0.571. The molecule has 0 amide bonds. The lowest BCUT2D eigenvalue weighted by atomic mass is 9.85. The molecule has 444 valence electrons. The Morgan fingerprint density at radius 3 is 1.06 bits per heavy atom. The van der Waals surface area contributed by atoms with Gasteiger partial charge in [0.25, 0.3) is 0 Å². The summed E-state index contributed by atoms with van der Waals surface area (Å²) in [7, 11) is 0. The molecule has 4 aromatic rings. The van der Waals surface area contributed by atoms with Crippen LogP contribution in [0.2, 0.25) is 0 Å². The predicted molar refractivity (Wildman–Crippen MR) is 287 cm³/mol. The number of halogens is 11. The van der Waals surface area contributed by atoms with Gasteiger partial charge in [0.05, 0.1) is 32.0 Å². The average Bonchev–Trinajstić information content (AvgIpc) is 3.27. The molecular formula is C56H81F11N4O6S. The molecule has 0 unspecified atom stereocenters. The summed E-state index contributed by atoms with van der Waals surface area (Å²) in [5.41, 5.74) is 19.1. The third kappa shape index (κ3) is 28.3. The summed E-state index contributed by atoms with van der Waals surface area (Å²) in [4.78, 5) is 0.133. The van der Waals surface area contributed by atoms with Crippen molar-refractivity contribution in [2.45, 2.75) is 160 Å². The topological polar surface area (TPSA) is 159 Å². The van der Waals surface area contributed by atoms with Crippen LogP contribution in [0.15, 0.2) is 77.7 Å². The number of rotatable bonds is 20. The lowest BCUT2D eigenvalue weighted by Gasteiger charge is -2.24. The van der Waals surface area contributed by atoms with Gasteiger partial charge in [-0.1, -0.05) is 107 Å². The zero-order valence-electron chi connectivity index (χ0n) is 46.8. The monoisotopic (exact) mass is 1150 g/mol. The lowest BCUT2D eigenvalue weighted by molar-refractivity contribution is -0.274. The van der Waals surface area contributed by atoms with Crippen molar-refractivity contribution >= 4 is 11.8 Å². The highest BCUT2D eigenvalue weighted by atomic mass is 32.2. The Kier molecular flexibility index (Phi) is 29.0. The van der Waals surface area contributed by atoms with Gasteiger partial charge >= 0.3 is 24.7 Å². The minimum absolute atomic E-state index is 0.103. The molecule has 0 aliphatic carbocycles. The molecule has 10 nitrogen and oxygen atoms in total. The van der Waals surface area contributed by atoms with Crippen molar-refractivity contribution < 1.29 is 76.7 Å². The van der Waals surface area contributed by atoms with Crippen molar-refractivity contribution in [3.8, 4) is 34.5 Å². The fourth-order valence-corrected chi connectivity index (χ4v) is 7.36. The third-order valence-corrected chi connectivity index (χ3v) is 11.2. The van der Waals surface area contributed by atoms with Crippen molar-refractivity contribution in [3.05, 3.63) is 101 Å². The van der Waals surface area contributed by atoms with E-state index in [1.54, 1.807) is 18.2 Å². The molecule has 0 saturated heterocycles. The minimum atomic E-state index is -4.71. The van der Waals surface area contributed by atoms with Gasteiger partial charge in [-0.25, -0.2) is 0 Å². The molecule has 0 aliphatic rings. The van der Waals surface area contributed by atoms with Crippen LogP contribution in [-0.4, -0.2) is 71.1 Å². The maximum atomic E-state index is 12.7. The molecular weight excluding hydrogens is 1070 g/mol. The van der Waals surface area contributed by atoms with E-state index in [0.29, 0.717) is 95.5 Å². The number of hydrogen-bond donors (Lipinski definition) is 4. The van der Waals surface area contributed by atoms with Gasteiger partial charge in [0, 0.05) is 17.0 Å². The highest BCUT2D eigenvalue weighted by Crippen LogP contribution is 2.42. The zero-order chi connectivity index (χ0) is 59.9. The van der Waals surface area contributed by atoms with Gasteiger partial charge in [-0.05, 0) is 144 Å². The molecule has 0 fully saturated rings. The molecule has 0 aromatic heterocycles. The SMILES string of the molecule is CC(C)(C)c1ccc(C(F)(F)F)cc1OCCCN.CC(C)(C)c1ccc(OC(F)(F)F)cc1OCCCN.CC(C)(C)c1ccc(OC(F)F)cc1OCCCN.CC(C)(C)c1ccc(SC(F)(F)F)cc1OCCCN. The van der Waals surface area contributed by atoms with E-state index in [4.69, 9.17) is 41.9 Å². The molecule has 0 atom stereocenters. The zero-order valence-corrected chi connectivity index (χ0v) is 47.6. The number of alkyl halides is 11. The van der Waals surface area contributed by atoms with Crippen LogP contribution in [-0.2, 0) is 27.8 Å². The van der Waals surface area contributed by atoms with E-state index in [2.05, 4.69) is 9.47 Å². The van der Waals surface area contributed by atoms with Crippen molar-refractivity contribution in [2.24, 2.45) is 22.9 Å². The van der Waals surface area contributed by atoms with Crippen LogP contribution in [0, 0.1) is 0 Å². The number of thioether (sulfide) groups is 1. The summed E-state index contributed by atoms with van der Waals surface area (Å²) in [6, 6.07) is 17.2. The Morgan fingerprint density at radius 1 is 0.423 bits per heavy atom. The van der Waals surface area contributed by atoms with Gasteiger partial charge in [0.1, 0.15) is 34.5 Å². The molecule has 0 heterocycles. The van der Waals surface area contributed by atoms with E-state index >= 15 is 0 Å². The molecule has 0 spiro atoms. The maximum Gasteiger partial charge on any atom is 0.573 e. The van der Waals surface area contributed by atoms with E-state index in [-0.39, 0.29) is 55.6 Å². The highest BCUT2D eigenvalue weighted by Gasteiger charge is 2.34. The first-order valence-corrected chi connectivity index (χ1v) is 26.0. The quantitative estimate of drug-likeness (QED) is 0.0379. The standard InChI is InChI=1S/C14H20F3NO2.C14H20F3NOS.C14H20F3NO.C14H21F2NO2/c2*1-13(2,3)11-6-5-10(20-14(15,16)17)9-12(11)19-8-4-7-18;1-13(2,3)11-6-5-10(14(15,16)17)9-12(11)19-8-4-7-18;1-14(2,3)11-6-5-10(19-13(15)16)9-12(11)18-8-4-7-17/h2*5-6,9H,4,7-8,18H2,1-3H3;5-6,9H,4,7-8,18H2,1-3H3;5-6,9,13H,4,7-8,17H2,1-3H3. The Bertz CT molecular complexity index is 2280. The van der Waals surface area contributed by atoms with E-state index < -0.39 is 30.2 Å². The Hall–Kier alpha value is -4.90. The Balaban J connectivity index is 0.000000520. The molecule has 0 radical (unpaired) electrons. The summed E-state index contributed by atoms with van der Waals surface area (Å²) in [6.07, 6.45) is -6.45. The van der Waals surface area contributed by atoms with E-state index in [9.17, 15) is 48.3 Å². The predicted octanol–water partition coefficient (Wildman–Crippen LogP) is 15.0. The van der Waals surface area contributed by atoms with E-state index in [1.165, 1.54) is 42.5 Å². The normalized spacial score (nSPS) is 12.3. The van der Waals surface area contributed by atoms with Crippen molar-refractivity contribution in [1.82, 2.24) is 0 Å². The molecule has 78 heavy (non-hydrogen) atoms. The van der Waals surface area contributed by atoms with E-state index in [1.807, 2.05) is 83.1 Å². The third-order valence-electron chi connectivity index (χ3n) is 10.5. The highest BCUT2D eigenvalue weighted by molar-refractivity contribution is 8.00. The van der Waals surface area contributed by atoms with Gasteiger partial charge in [-0.3, -0.25) is 0 Å². The van der Waals surface area contributed by atoms with Crippen LogP contribution < -0.4 is 51.4 Å². The summed E-state index contributed by atoms with van der Waals surface area (Å²) >= 11 is -0.131.